The molecule has 9 atom stereocenters. The van der Waals surface area contributed by atoms with Gasteiger partial charge in [0.25, 0.3) is 0 Å². The predicted octanol–water partition coefficient (Wildman–Crippen LogP) is 2.72. The number of ether oxygens (including phenoxy) is 2. The van der Waals surface area contributed by atoms with Crippen LogP contribution in [-0.4, -0.2) is 52.5 Å². The van der Waals surface area contributed by atoms with Crippen LogP contribution in [0.2, 0.25) is 0 Å². The molecule has 2 N–H and O–H groups in total. The first kappa shape index (κ1) is 19.2. The number of ketones is 2. The van der Waals surface area contributed by atoms with Gasteiger partial charge in [-0.1, -0.05) is 38.8 Å². The molecule has 1 aliphatic heterocycles. The van der Waals surface area contributed by atoms with Crippen LogP contribution < -0.4 is 0 Å². The van der Waals surface area contributed by atoms with Crippen LogP contribution in [0.5, 0.6) is 0 Å². The maximum absolute atomic E-state index is 13.3. The van der Waals surface area contributed by atoms with Crippen LogP contribution in [0, 0.1) is 28.6 Å². The molecular formula is C25H34O6. The zero-order valence-electron chi connectivity index (χ0n) is 20.5. The lowest BCUT2D eigenvalue weighted by Gasteiger charge is -2.59. The molecule has 1 unspecified atom stereocenters. The van der Waals surface area contributed by atoms with E-state index >= 15 is 0 Å². The van der Waals surface area contributed by atoms with E-state index in [1.54, 1.807) is 0 Å². The highest BCUT2D eigenvalue weighted by Crippen LogP contribution is 2.69. The summed E-state index contributed by atoms with van der Waals surface area (Å²) in [5, 5.41) is 21.5. The van der Waals surface area contributed by atoms with Crippen molar-refractivity contribution in [1.29, 1.82) is 0 Å². The Bertz CT molecular complexity index is 961. The number of carbonyl (C=O) groups is 2. The molecule has 31 heavy (non-hydrogen) atoms. The molecule has 6 heteroatoms. The van der Waals surface area contributed by atoms with Crippen molar-refractivity contribution in [3.05, 3.63) is 23.8 Å². The number of hydrogen-bond acceptors (Lipinski definition) is 6. The number of aliphatic hydroxyl groups excluding tert-OH is 2. The Balaban J connectivity index is 1.58. The first-order chi connectivity index (χ1) is 15.6. The van der Waals surface area contributed by atoms with Crippen LogP contribution in [0.25, 0.3) is 0 Å². The lowest BCUT2D eigenvalue weighted by Crippen LogP contribution is -2.63. The first-order valence-electron chi connectivity index (χ1n) is 12.6. The van der Waals surface area contributed by atoms with Gasteiger partial charge in [-0.25, -0.2) is 0 Å². The van der Waals surface area contributed by atoms with Gasteiger partial charge in [0.05, 0.1) is 14.9 Å². The fraction of sp³-hybridized carbons (Fsp3) is 0.760. The minimum Gasteiger partial charge on any atom is -0.393 e. The SMILES string of the molecule is [2H]C1=C([2H])[C@@]2(C)C(=CC1=O)CC[C@@H]1[C@@H]2[C@@H](O)C[C@@]2(C)[C@H]1C[C@H]1OC(CCC)O[C@]12C(=O)CO. The zero-order chi connectivity index (χ0) is 23.9. The molecule has 5 rings (SSSR count). The van der Waals surface area contributed by atoms with E-state index in [0.29, 0.717) is 19.3 Å². The molecule has 0 aromatic rings. The normalized spacial score (nSPS) is 51.9. The molecule has 1 heterocycles. The van der Waals surface area contributed by atoms with E-state index in [4.69, 9.17) is 12.2 Å². The molecule has 5 aliphatic rings. The largest absolute Gasteiger partial charge is 0.393 e. The molecule has 3 saturated carbocycles. The van der Waals surface area contributed by atoms with E-state index in [1.165, 1.54) is 6.08 Å². The summed E-state index contributed by atoms with van der Waals surface area (Å²) in [6, 6.07) is -0.316. The highest BCUT2D eigenvalue weighted by Gasteiger charge is 2.75. The first-order valence-corrected chi connectivity index (χ1v) is 11.6. The molecule has 0 aromatic carbocycles. The summed E-state index contributed by atoms with van der Waals surface area (Å²) in [5.74, 6) is -1.18. The van der Waals surface area contributed by atoms with Crippen molar-refractivity contribution in [2.24, 2.45) is 28.6 Å². The van der Waals surface area contributed by atoms with Crippen molar-refractivity contribution in [2.45, 2.75) is 83.4 Å². The maximum atomic E-state index is 13.3. The number of rotatable bonds is 4. The highest BCUT2D eigenvalue weighted by atomic mass is 16.7. The van der Waals surface area contributed by atoms with E-state index in [9.17, 15) is 19.8 Å². The van der Waals surface area contributed by atoms with E-state index in [1.807, 2.05) is 20.8 Å². The van der Waals surface area contributed by atoms with E-state index in [0.717, 1.165) is 18.4 Å². The van der Waals surface area contributed by atoms with Gasteiger partial charge in [-0.15, -0.1) is 0 Å². The number of hydrogen-bond donors (Lipinski definition) is 2. The molecule has 0 aromatic heterocycles. The summed E-state index contributed by atoms with van der Waals surface area (Å²) in [6.07, 6.45) is 3.39. The molecule has 0 spiro atoms. The fourth-order valence-corrected chi connectivity index (χ4v) is 7.93. The van der Waals surface area contributed by atoms with Gasteiger partial charge in [0.2, 0.25) is 0 Å². The molecule has 4 fully saturated rings. The number of carbonyl (C=O) groups excluding carboxylic acids is 2. The lowest BCUT2D eigenvalue weighted by molar-refractivity contribution is -0.200. The molecule has 6 nitrogen and oxygen atoms in total. The van der Waals surface area contributed by atoms with Crippen LogP contribution in [0.3, 0.4) is 0 Å². The van der Waals surface area contributed by atoms with Gasteiger partial charge in [0.15, 0.2) is 23.5 Å². The van der Waals surface area contributed by atoms with Gasteiger partial charge >= 0.3 is 0 Å². The summed E-state index contributed by atoms with van der Waals surface area (Å²) in [7, 11) is 0. The monoisotopic (exact) mass is 432 g/mol. The summed E-state index contributed by atoms with van der Waals surface area (Å²) < 4.78 is 29.5. The van der Waals surface area contributed by atoms with Gasteiger partial charge in [-0.05, 0) is 56.1 Å². The molecule has 0 amide bonds. The fourth-order valence-electron chi connectivity index (χ4n) is 7.93. The van der Waals surface area contributed by atoms with E-state index < -0.39 is 47.3 Å². The van der Waals surface area contributed by atoms with Gasteiger partial charge in [0.1, 0.15) is 6.61 Å². The Kier molecular flexibility index (Phi) is 4.37. The second-order valence-corrected chi connectivity index (χ2v) is 10.5. The third-order valence-electron chi connectivity index (χ3n) is 9.16. The quantitative estimate of drug-likeness (QED) is 0.710. The van der Waals surface area contributed by atoms with Gasteiger partial charge in [-0.3, -0.25) is 9.59 Å². The molecule has 1 saturated heterocycles. The van der Waals surface area contributed by atoms with Crippen LogP contribution >= 0.6 is 0 Å². The van der Waals surface area contributed by atoms with E-state index in [2.05, 4.69) is 0 Å². The number of aliphatic hydroxyl groups is 2. The molecular weight excluding hydrogens is 396 g/mol. The Hall–Kier alpha value is -1.34. The van der Waals surface area contributed by atoms with Crippen LogP contribution in [-0.2, 0) is 19.1 Å². The lowest BCUT2D eigenvalue weighted by atomic mass is 9.46. The Morgan fingerprint density at radius 3 is 2.87 bits per heavy atom. The average molecular weight is 433 g/mol. The molecule has 0 bridgehead atoms. The van der Waals surface area contributed by atoms with E-state index in [-0.39, 0.29) is 42.1 Å². The van der Waals surface area contributed by atoms with Crippen molar-refractivity contribution in [2.75, 3.05) is 6.61 Å². The van der Waals surface area contributed by atoms with Crippen molar-refractivity contribution < 1.29 is 32.0 Å². The maximum Gasteiger partial charge on any atom is 0.193 e. The smallest absolute Gasteiger partial charge is 0.193 e. The molecule has 170 valence electrons. The minimum atomic E-state index is -1.29. The molecule has 4 aliphatic carbocycles. The number of Topliss-reactive ketones (excluding diaryl/α,β-unsaturated/α-hetero) is 1. The van der Waals surface area contributed by atoms with Crippen LogP contribution in [0.4, 0.5) is 0 Å². The van der Waals surface area contributed by atoms with Gasteiger partial charge in [0, 0.05) is 16.7 Å². The van der Waals surface area contributed by atoms with Crippen LogP contribution in [0.1, 0.15) is 62.0 Å². The highest BCUT2D eigenvalue weighted by molar-refractivity contribution is 6.01. The zero-order valence-corrected chi connectivity index (χ0v) is 18.5. The summed E-state index contributed by atoms with van der Waals surface area (Å²) in [5.41, 5.74) is -2.07. The van der Waals surface area contributed by atoms with Gasteiger partial charge < -0.3 is 19.7 Å². The second kappa shape index (κ2) is 7.08. The number of fused-ring (bicyclic) bond motifs is 7. The molecule has 0 radical (unpaired) electrons. The Morgan fingerprint density at radius 2 is 2.16 bits per heavy atom. The second-order valence-electron chi connectivity index (χ2n) is 10.5. The topological polar surface area (TPSA) is 93.1 Å². The standard InChI is InChI=1S/C25H34O6/c1-4-5-21-30-20-11-17-16-7-6-14-10-15(27)8-9-23(14,2)22(16)18(28)12-24(17,3)25(20,31-21)19(29)13-26/h8-10,16-18,20-22,26,28H,4-7,11-13H2,1-3H3/t16-,17-,18-,20+,21?,22+,23-,24-,25+/m0/s1/i8D,9D. The Morgan fingerprint density at radius 1 is 1.39 bits per heavy atom. The number of allylic oxidation sites excluding steroid dienone is 4. The van der Waals surface area contributed by atoms with Crippen molar-refractivity contribution in [1.82, 2.24) is 0 Å². The Labute approximate surface area is 186 Å². The third kappa shape index (κ3) is 2.65. The van der Waals surface area contributed by atoms with Crippen molar-refractivity contribution >= 4 is 11.6 Å². The van der Waals surface area contributed by atoms with Gasteiger partial charge in [-0.2, -0.15) is 0 Å². The average Bonchev–Trinajstić information content (AvgIpc) is 3.25. The van der Waals surface area contributed by atoms with Crippen molar-refractivity contribution in [3.63, 3.8) is 0 Å². The van der Waals surface area contributed by atoms with Crippen LogP contribution in [0.15, 0.2) is 23.8 Å². The third-order valence-corrected chi connectivity index (χ3v) is 9.16. The predicted molar refractivity (Wildman–Crippen MR) is 113 cm³/mol. The minimum absolute atomic E-state index is 0.00744. The summed E-state index contributed by atoms with van der Waals surface area (Å²) in [4.78, 5) is 25.5. The summed E-state index contributed by atoms with van der Waals surface area (Å²) >= 11 is 0. The summed E-state index contributed by atoms with van der Waals surface area (Å²) in [6.45, 7) is 5.27. The van der Waals surface area contributed by atoms with Crippen molar-refractivity contribution in [3.8, 4) is 0 Å².